The van der Waals surface area contributed by atoms with E-state index in [9.17, 15) is 23.1 Å². The first-order valence-corrected chi connectivity index (χ1v) is 18.4. The zero-order valence-electron chi connectivity index (χ0n) is 30.1. The van der Waals surface area contributed by atoms with E-state index >= 15 is 4.39 Å². The molecule has 0 bridgehead atoms. The lowest BCUT2D eigenvalue weighted by molar-refractivity contribution is -0.137. The highest BCUT2D eigenvalue weighted by atomic mass is 35.5. The maximum atomic E-state index is 16.9. The van der Waals surface area contributed by atoms with E-state index in [1.165, 1.54) is 6.20 Å². The third kappa shape index (κ3) is 7.40. The summed E-state index contributed by atoms with van der Waals surface area (Å²) in [7, 11) is 0. The molecule has 7 rings (SSSR count). The van der Waals surface area contributed by atoms with Crippen LogP contribution in [0.3, 0.4) is 0 Å². The van der Waals surface area contributed by atoms with Gasteiger partial charge in [-0.15, -0.1) is 0 Å². The molecule has 3 unspecified atom stereocenters. The van der Waals surface area contributed by atoms with Crippen molar-refractivity contribution in [2.45, 2.75) is 50.0 Å². The average molecular weight is 822 g/mol. The second-order valence-electron chi connectivity index (χ2n) is 14.1. The molecule has 3 aliphatic rings. The largest absolute Gasteiger partial charge is 0.506 e. The number of nitrogens with zero attached hydrogens (tertiary/aromatic N) is 5. The normalized spacial score (nSPS) is 20.7. The zero-order chi connectivity index (χ0) is 40.1. The summed E-state index contributed by atoms with van der Waals surface area (Å²) < 4.78 is 77.4. The molecule has 3 fully saturated rings. The first-order chi connectivity index (χ1) is 26.6. The number of pyridine rings is 1. The summed E-state index contributed by atoms with van der Waals surface area (Å²) in [5, 5.41) is 12.7. The first kappa shape index (κ1) is 39.4. The van der Waals surface area contributed by atoms with E-state index in [1.807, 2.05) is 0 Å². The van der Waals surface area contributed by atoms with Crippen molar-refractivity contribution in [3.05, 3.63) is 69.6 Å². The number of ether oxygens (including phenoxy) is 3. The number of nitrogens with two attached hydrogens (primary N) is 2. The van der Waals surface area contributed by atoms with Gasteiger partial charge in [0.1, 0.15) is 36.1 Å². The van der Waals surface area contributed by atoms with Crippen LogP contribution in [0.25, 0.3) is 22.0 Å². The number of morpholine rings is 1. The number of carbonyl (C=O) groups is 1. The van der Waals surface area contributed by atoms with Crippen LogP contribution in [-0.2, 0) is 15.7 Å². The number of benzene rings is 2. The summed E-state index contributed by atoms with van der Waals surface area (Å²) in [5.41, 5.74) is 8.97. The molecule has 0 radical (unpaired) electrons. The minimum atomic E-state index is -5.07. The second-order valence-corrected chi connectivity index (χ2v) is 14.9. The molecule has 0 aliphatic carbocycles. The van der Waals surface area contributed by atoms with Gasteiger partial charge < -0.3 is 41.0 Å². The molecule has 0 spiro atoms. The Morgan fingerprint density at radius 1 is 1.23 bits per heavy atom. The van der Waals surface area contributed by atoms with Crippen LogP contribution in [0.1, 0.15) is 43.4 Å². The van der Waals surface area contributed by atoms with E-state index < -0.39 is 67.7 Å². The fourth-order valence-corrected chi connectivity index (χ4v) is 8.43. The Bertz CT molecular complexity index is 2210. The van der Waals surface area contributed by atoms with Gasteiger partial charge in [-0.2, -0.15) is 23.1 Å². The number of alkyl halides is 3. The highest BCUT2D eigenvalue weighted by molar-refractivity contribution is 6.37. The van der Waals surface area contributed by atoms with Gasteiger partial charge in [0.15, 0.2) is 5.82 Å². The quantitative estimate of drug-likeness (QED) is 0.0760. The molecule has 2 aromatic heterocycles. The lowest BCUT2D eigenvalue weighted by atomic mass is 9.94. The minimum absolute atomic E-state index is 0.00686. The third-order valence-electron chi connectivity index (χ3n) is 10.4. The molecule has 1 amide bonds. The molecule has 5 heterocycles. The monoisotopic (exact) mass is 820 g/mol. The van der Waals surface area contributed by atoms with E-state index in [1.54, 1.807) is 24.0 Å². The molecular weight excluding hydrogens is 783 g/mol. The fraction of sp³-hybridized carbons (Fsp3) is 0.405. The van der Waals surface area contributed by atoms with E-state index in [0.717, 1.165) is 17.7 Å². The summed E-state index contributed by atoms with van der Waals surface area (Å²) in [5.74, 6) is -2.11. The number of nitrogen functional groups attached to an aromatic ring is 2. The summed E-state index contributed by atoms with van der Waals surface area (Å²) in [4.78, 5) is 29.4. The summed E-state index contributed by atoms with van der Waals surface area (Å²) in [6.07, 6.45) is -2.13. The molecule has 298 valence electrons. The number of aromatic nitrogens is 3. The molecular formula is C37H38Cl2F4N8O5. The number of carbonyl (C=O) groups excluding carboxylic acids is 1. The third-order valence-corrected chi connectivity index (χ3v) is 11.1. The van der Waals surface area contributed by atoms with Crippen LogP contribution in [0.2, 0.25) is 10.0 Å². The van der Waals surface area contributed by atoms with Gasteiger partial charge in [0.05, 0.1) is 45.8 Å². The molecule has 56 heavy (non-hydrogen) atoms. The lowest BCUT2D eigenvalue weighted by Gasteiger charge is -2.34. The van der Waals surface area contributed by atoms with E-state index in [4.69, 9.17) is 48.9 Å². The van der Waals surface area contributed by atoms with Gasteiger partial charge in [-0.05, 0) is 44.4 Å². The molecule has 4 aromatic rings. The predicted molar refractivity (Wildman–Crippen MR) is 202 cm³/mol. The number of phenolic OH excluding ortho intramolecular Hbond substituents is 1. The van der Waals surface area contributed by atoms with E-state index in [-0.39, 0.29) is 48.0 Å². The molecule has 13 nitrogen and oxygen atoms in total. The maximum absolute atomic E-state index is 16.9. The van der Waals surface area contributed by atoms with Gasteiger partial charge in [0, 0.05) is 54.3 Å². The SMILES string of the molecule is C=C1CN2C(COC(=O)N3CCOCC3)CCC2(COc2nc(NC(C)c3cccnc3N)c3c(O)c(Cl)c(-c4cc(N)cc(Cl)c4C(F)(F)F)c(F)c3n2)C1. The van der Waals surface area contributed by atoms with Crippen molar-refractivity contribution in [3.63, 3.8) is 0 Å². The molecule has 6 N–H and O–H groups in total. The van der Waals surface area contributed by atoms with Crippen LogP contribution in [0.15, 0.2) is 42.6 Å². The summed E-state index contributed by atoms with van der Waals surface area (Å²) in [6.45, 7) is 8.34. The second kappa shape index (κ2) is 15.2. The van der Waals surface area contributed by atoms with Crippen molar-refractivity contribution in [3.8, 4) is 22.9 Å². The highest BCUT2D eigenvalue weighted by Crippen LogP contribution is 2.51. The van der Waals surface area contributed by atoms with Crippen molar-refractivity contribution in [1.82, 2.24) is 24.8 Å². The van der Waals surface area contributed by atoms with Crippen LogP contribution in [0, 0.1) is 5.82 Å². The number of hydrogen-bond donors (Lipinski definition) is 4. The maximum Gasteiger partial charge on any atom is 0.418 e. The topological polar surface area (TPSA) is 174 Å². The predicted octanol–water partition coefficient (Wildman–Crippen LogP) is 7.21. The van der Waals surface area contributed by atoms with Crippen molar-refractivity contribution >= 4 is 57.5 Å². The number of nitrogens with one attached hydrogen (secondary N) is 1. The standard InChI is InChI=1S/C37H38Cl2F4N8O5/c1-18-14-36(6-5-21(51(36)15-18)16-55-35(53)50-8-10-54-11-9-50)17-56-34-48-30-26(33(49-34)47-19(2)22-4-3-7-46-32(22)45)31(52)28(39)25(29(30)40)23-12-20(44)13-24(38)27(23)37(41,42)43/h3-4,7,12-13,19,21,52H,1,5-6,8-11,14-17,44H2,2H3,(H2,45,46)(H,47,48,49). The van der Waals surface area contributed by atoms with Crippen LogP contribution < -0.4 is 21.5 Å². The number of aromatic hydroxyl groups is 1. The van der Waals surface area contributed by atoms with Crippen molar-refractivity contribution in [1.29, 1.82) is 0 Å². The van der Waals surface area contributed by atoms with Crippen LogP contribution in [0.5, 0.6) is 11.8 Å². The number of anilines is 3. The molecule has 19 heteroatoms. The Kier molecular flexibility index (Phi) is 10.7. The fourth-order valence-electron chi connectivity index (χ4n) is 7.82. The van der Waals surface area contributed by atoms with Gasteiger partial charge in [-0.3, -0.25) is 4.90 Å². The lowest BCUT2D eigenvalue weighted by Crippen LogP contribution is -2.48. The van der Waals surface area contributed by atoms with Crippen molar-refractivity contribution in [2.75, 3.05) is 62.8 Å². The smallest absolute Gasteiger partial charge is 0.418 e. The van der Waals surface area contributed by atoms with Crippen LogP contribution >= 0.6 is 23.2 Å². The van der Waals surface area contributed by atoms with Crippen molar-refractivity contribution in [2.24, 2.45) is 0 Å². The van der Waals surface area contributed by atoms with Gasteiger partial charge in [-0.1, -0.05) is 41.4 Å². The number of amides is 1. The zero-order valence-corrected chi connectivity index (χ0v) is 31.6. The molecule has 0 saturated carbocycles. The molecule has 3 aliphatic heterocycles. The van der Waals surface area contributed by atoms with Gasteiger partial charge in [-0.25, -0.2) is 14.2 Å². The summed E-state index contributed by atoms with van der Waals surface area (Å²) in [6, 6.07) is 3.95. The van der Waals surface area contributed by atoms with E-state index in [2.05, 4.69) is 31.7 Å². The summed E-state index contributed by atoms with van der Waals surface area (Å²) >= 11 is 12.5. The molecule has 3 saturated heterocycles. The number of halogens is 6. The first-order valence-electron chi connectivity index (χ1n) is 17.7. The Morgan fingerprint density at radius 3 is 2.70 bits per heavy atom. The van der Waals surface area contributed by atoms with Gasteiger partial charge in [0.2, 0.25) is 0 Å². The molecule has 3 atom stereocenters. The molecule has 2 aromatic carbocycles. The Balaban J connectivity index is 1.27. The Hall–Kier alpha value is -4.84. The number of fused-ring (bicyclic) bond motifs is 2. The number of phenols is 1. The van der Waals surface area contributed by atoms with Crippen molar-refractivity contribution < 1.29 is 41.7 Å². The average Bonchev–Trinajstić information content (AvgIpc) is 3.65. The van der Waals surface area contributed by atoms with E-state index in [0.29, 0.717) is 57.7 Å². The van der Waals surface area contributed by atoms with Gasteiger partial charge >= 0.3 is 18.3 Å². The minimum Gasteiger partial charge on any atom is -0.506 e. The Morgan fingerprint density at radius 2 is 1.98 bits per heavy atom. The Labute approximate surface area is 328 Å². The van der Waals surface area contributed by atoms with Crippen LogP contribution in [-0.4, -0.2) is 93.6 Å². The van der Waals surface area contributed by atoms with Crippen LogP contribution in [0.4, 0.5) is 39.7 Å². The highest BCUT2D eigenvalue weighted by Gasteiger charge is 2.51. The van der Waals surface area contributed by atoms with Gasteiger partial charge in [0.25, 0.3) is 0 Å². The number of rotatable bonds is 9. The number of hydrogen-bond acceptors (Lipinski definition) is 12.